The van der Waals surface area contributed by atoms with Crippen molar-refractivity contribution in [2.75, 3.05) is 7.11 Å². The molecule has 0 amide bonds. The smallest absolute Gasteiger partial charge is 0.389 e. The summed E-state index contributed by atoms with van der Waals surface area (Å²) in [5.74, 6) is 0.687. The Hall–Kier alpha value is -1.75. The molecule has 2 N–H and O–H groups in total. The Labute approximate surface area is 115 Å². The van der Waals surface area contributed by atoms with E-state index in [1.54, 1.807) is 19.2 Å². The number of methoxy groups -OCH3 is 1. The number of halogens is 3. The topological polar surface area (TPSA) is 35.2 Å². The fourth-order valence-corrected chi connectivity index (χ4v) is 2.27. The van der Waals surface area contributed by atoms with Crippen LogP contribution < -0.4 is 10.5 Å². The lowest BCUT2D eigenvalue weighted by molar-refractivity contribution is -0.136. The van der Waals surface area contributed by atoms with Gasteiger partial charge < -0.3 is 10.5 Å². The van der Waals surface area contributed by atoms with E-state index in [0.717, 1.165) is 10.8 Å². The predicted octanol–water partition coefficient (Wildman–Crippen LogP) is 4.19. The Balaban J connectivity index is 2.35. The van der Waals surface area contributed by atoms with Gasteiger partial charge in [-0.2, -0.15) is 13.2 Å². The Morgan fingerprint density at radius 3 is 2.35 bits per heavy atom. The van der Waals surface area contributed by atoms with Crippen LogP contribution in [-0.2, 0) is 0 Å². The SMILES string of the molecule is COc1ccc([C@H](N)CCC(F)(F)F)c2ccccc12. The number of ether oxygens (including phenoxy) is 1. The number of nitrogens with two attached hydrogens (primary N) is 1. The van der Waals surface area contributed by atoms with Gasteiger partial charge in [-0.3, -0.25) is 0 Å². The molecule has 0 radical (unpaired) electrons. The molecule has 20 heavy (non-hydrogen) atoms. The average molecular weight is 283 g/mol. The van der Waals surface area contributed by atoms with Crippen LogP contribution in [-0.4, -0.2) is 13.3 Å². The van der Waals surface area contributed by atoms with Gasteiger partial charge in [0, 0.05) is 17.8 Å². The second kappa shape index (κ2) is 5.71. The molecule has 2 aromatic carbocycles. The Morgan fingerprint density at radius 2 is 1.75 bits per heavy atom. The van der Waals surface area contributed by atoms with Crippen molar-refractivity contribution in [3.05, 3.63) is 42.0 Å². The molecular weight excluding hydrogens is 267 g/mol. The van der Waals surface area contributed by atoms with E-state index in [-0.39, 0.29) is 6.42 Å². The number of benzene rings is 2. The van der Waals surface area contributed by atoms with E-state index in [1.807, 2.05) is 24.3 Å². The monoisotopic (exact) mass is 283 g/mol. The maximum absolute atomic E-state index is 12.3. The first-order valence-corrected chi connectivity index (χ1v) is 6.30. The van der Waals surface area contributed by atoms with Crippen molar-refractivity contribution in [2.45, 2.75) is 25.1 Å². The summed E-state index contributed by atoms with van der Waals surface area (Å²) in [5, 5.41) is 1.69. The summed E-state index contributed by atoms with van der Waals surface area (Å²) in [5.41, 5.74) is 6.63. The second-order valence-corrected chi connectivity index (χ2v) is 4.66. The highest BCUT2D eigenvalue weighted by atomic mass is 19.4. The summed E-state index contributed by atoms with van der Waals surface area (Å²) in [4.78, 5) is 0. The highest BCUT2D eigenvalue weighted by Gasteiger charge is 2.28. The normalized spacial score (nSPS) is 13.4. The largest absolute Gasteiger partial charge is 0.496 e. The lowest BCUT2D eigenvalue weighted by Gasteiger charge is -2.17. The second-order valence-electron chi connectivity index (χ2n) is 4.66. The zero-order valence-corrected chi connectivity index (χ0v) is 11.1. The number of hydrogen-bond acceptors (Lipinski definition) is 2. The van der Waals surface area contributed by atoms with Gasteiger partial charge in [0.15, 0.2) is 0 Å². The van der Waals surface area contributed by atoms with Crippen molar-refractivity contribution in [1.29, 1.82) is 0 Å². The standard InChI is InChI=1S/C15H16F3NO/c1-20-14-7-6-11(10-4-2-3-5-12(10)14)13(19)8-9-15(16,17)18/h2-7,13H,8-9,19H2,1H3/t13-/m1/s1. The van der Waals surface area contributed by atoms with Crippen LogP contribution in [0.25, 0.3) is 10.8 Å². The van der Waals surface area contributed by atoms with Crippen molar-refractivity contribution in [3.63, 3.8) is 0 Å². The highest BCUT2D eigenvalue weighted by molar-refractivity contribution is 5.91. The molecular formula is C15H16F3NO. The molecule has 0 bridgehead atoms. The van der Waals surface area contributed by atoms with Gasteiger partial charge in [-0.1, -0.05) is 30.3 Å². The minimum atomic E-state index is -4.18. The lowest BCUT2D eigenvalue weighted by Crippen LogP contribution is -2.16. The van der Waals surface area contributed by atoms with Crippen LogP contribution in [0.1, 0.15) is 24.4 Å². The number of hydrogen-bond donors (Lipinski definition) is 1. The quantitative estimate of drug-likeness (QED) is 0.913. The molecule has 2 nitrogen and oxygen atoms in total. The van der Waals surface area contributed by atoms with Gasteiger partial charge in [0.2, 0.25) is 0 Å². The first kappa shape index (κ1) is 14.7. The van der Waals surface area contributed by atoms with Crippen LogP contribution in [0.5, 0.6) is 5.75 Å². The first-order valence-electron chi connectivity index (χ1n) is 6.30. The van der Waals surface area contributed by atoms with Gasteiger partial charge in [-0.25, -0.2) is 0 Å². The molecule has 0 aromatic heterocycles. The molecule has 1 atom stereocenters. The Bertz CT molecular complexity index is 595. The van der Waals surface area contributed by atoms with E-state index >= 15 is 0 Å². The van der Waals surface area contributed by atoms with Gasteiger partial charge in [0.05, 0.1) is 7.11 Å². The van der Waals surface area contributed by atoms with E-state index in [1.165, 1.54) is 0 Å². The zero-order valence-electron chi connectivity index (χ0n) is 11.1. The minimum absolute atomic E-state index is 0.125. The van der Waals surface area contributed by atoms with Crippen molar-refractivity contribution in [3.8, 4) is 5.75 Å². The molecule has 0 saturated heterocycles. The summed E-state index contributed by atoms with van der Waals surface area (Å²) in [6.45, 7) is 0. The third-order valence-electron chi connectivity index (χ3n) is 3.28. The van der Waals surface area contributed by atoms with Crippen molar-refractivity contribution < 1.29 is 17.9 Å². The van der Waals surface area contributed by atoms with Crippen molar-refractivity contribution >= 4 is 10.8 Å². The van der Waals surface area contributed by atoms with Crippen LogP contribution in [0, 0.1) is 0 Å². The van der Waals surface area contributed by atoms with E-state index in [2.05, 4.69) is 0 Å². The van der Waals surface area contributed by atoms with Gasteiger partial charge in [0.25, 0.3) is 0 Å². The van der Waals surface area contributed by atoms with E-state index in [0.29, 0.717) is 11.3 Å². The molecule has 5 heteroatoms. The van der Waals surface area contributed by atoms with Crippen LogP contribution in [0.3, 0.4) is 0 Å². The maximum atomic E-state index is 12.3. The van der Waals surface area contributed by atoms with Crippen LogP contribution in [0.2, 0.25) is 0 Å². The lowest BCUT2D eigenvalue weighted by atomic mass is 9.96. The molecule has 0 unspecified atom stereocenters. The van der Waals surface area contributed by atoms with E-state index < -0.39 is 18.6 Å². The summed E-state index contributed by atoms with van der Waals surface area (Å²) in [6, 6.07) is 10.2. The Kier molecular flexibility index (Phi) is 4.18. The number of alkyl halides is 3. The molecule has 2 aromatic rings. The number of fused-ring (bicyclic) bond motifs is 1. The number of rotatable bonds is 4. The predicted molar refractivity (Wildman–Crippen MR) is 72.7 cm³/mol. The molecule has 0 spiro atoms. The molecule has 0 heterocycles. The Morgan fingerprint density at radius 1 is 1.10 bits per heavy atom. The maximum Gasteiger partial charge on any atom is 0.389 e. The minimum Gasteiger partial charge on any atom is -0.496 e. The van der Waals surface area contributed by atoms with Gasteiger partial charge in [0.1, 0.15) is 5.75 Å². The fourth-order valence-electron chi connectivity index (χ4n) is 2.27. The van der Waals surface area contributed by atoms with Crippen LogP contribution in [0.4, 0.5) is 13.2 Å². The fraction of sp³-hybridized carbons (Fsp3) is 0.333. The van der Waals surface area contributed by atoms with Crippen LogP contribution >= 0.6 is 0 Å². The first-order chi connectivity index (χ1) is 9.42. The third kappa shape index (κ3) is 3.22. The summed E-state index contributed by atoms with van der Waals surface area (Å²) in [6.07, 6.45) is -5.19. The van der Waals surface area contributed by atoms with Gasteiger partial charge in [-0.15, -0.1) is 0 Å². The third-order valence-corrected chi connectivity index (χ3v) is 3.28. The summed E-state index contributed by atoms with van der Waals surface area (Å²) in [7, 11) is 1.56. The van der Waals surface area contributed by atoms with Crippen LogP contribution in [0.15, 0.2) is 36.4 Å². The molecule has 0 aliphatic carbocycles. The van der Waals surface area contributed by atoms with Gasteiger partial charge in [-0.05, 0) is 23.4 Å². The van der Waals surface area contributed by atoms with Crippen molar-refractivity contribution in [2.24, 2.45) is 5.73 Å². The van der Waals surface area contributed by atoms with Crippen molar-refractivity contribution in [1.82, 2.24) is 0 Å². The molecule has 0 aliphatic heterocycles. The molecule has 0 aliphatic rings. The molecule has 0 fully saturated rings. The zero-order chi connectivity index (χ0) is 14.8. The average Bonchev–Trinajstić information content (AvgIpc) is 2.42. The highest BCUT2D eigenvalue weighted by Crippen LogP contribution is 2.33. The summed E-state index contributed by atoms with van der Waals surface area (Å²) < 4.78 is 42.1. The molecule has 108 valence electrons. The van der Waals surface area contributed by atoms with E-state index in [9.17, 15) is 13.2 Å². The van der Waals surface area contributed by atoms with E-state index in [4.69, 9.17) is 10.5 Å². The summed E-state index contributed by atoms with van der Waals surface area (Å²) >= 11 is 0. The molecule has 0 saturated carbocycles. The molecule has 2 rings (SSSR count). The van der Waals surface area contributed by atoms with Gasteiger partial charge >= 0.3 is 6.18 Å².